The zero-order valence-electron chi connectivity index (χ0n) is 17.7. The number of hydrogen-bond acceptors (Lipinski definition) is 3. The largest absolute Gasteiger partial charge is 0.484 e. The van der Waals surface area contributed by atoms with Gasteiger partial charge in [0, 0.05) is 19.6 Å². The summed E-state index contributed by atoms with van der Waals surface area (Å²) >= 11 is 0. The number of ether oxygens (including phenoxy) is 1. The van der Waals surface area contributed by atoms with E-state index in [1.165, 1.54) is 6.07 Å². The third-order valence-corrected chi connectivity index (χ3v) is 4.37. The second-order valence-electron chi connectivity index (χ2n) is 6.69. The molecule has 9 heteroatoms. The van der Waals surface area contributed by atoms with E-state index in [4.69, 9.17) is 4.74 Å². The zero-order chi connectivity index (χ0) is 21.0. The highest BCUT2D eigenvalue weighted by Crippen LogP contribution is 2.19. The number of benzene rings is 1. The van der Waals surface area contributed by atoms with E-state index in [1.807, 2.05) is 6.07 Å². The molecule has 0 saturated heterocycles. The van der Waals surface area contributed by atoms with E-state index in [9.17, 15) is 13.2 Å². The summed E-state index contributed by atoms with van der Waals surface area (Å²) < 4.78 is 41.6. The Bertz CT molecular complexity index is 595. The van der Waals surface area contributed by atoms with Crippen molar-refractivity contribution in [3.63, 3.8) is 0 Å². The summed E-state index contributed by atoms with van der Waals surface area (Å²) in [6.45, 7) is 8.80. The van der Waals surface area contributed by atoms with Crippen molar-refractivity contribution >= 4 is 29.9 Å². The fourth-order valence-corrected chi connectivity index (χ4v) is 2.76. The molecule has 0 amide bonds. The first-order valence-electron chi connectivity index (χ1n) is 9.75. The van der Waals surface area contributed by atoms with Gasteiger partial charge in [-0.2, -0.15) is 13.2 Å². The molecule has 0 aliphatic carbocycles. The van der Waals surface area contributed by atoms with Gasteiger partial charge in [-0.1, -0.05) is 26.0 Å². The van der Waals surface area contributed by atoms with Crippen LogP contribution in [0.2, 0.25) is 0 Å². The van der Waals surface area contributed by atoms with Gasteiger partial charge in [-0.05, 0) is 57.1 Å². The summed E-state index contributed by atoms with van der Waals surface area (Å²) in [7, 11) is 1.70. The van der Waals surface area contributed by atoms with Crippen molar-refractivity contribution in [2.75, 3.05) is 33.3 Å². The van der Waals surface area contributed by atoms with Crippen LogP contribution >= 0.6 is 24.0 Å². The van der Waals surface area contributed by atoms with Gasteiger partial charge < -0.3 is 20.3 Å². The number of nitrogens with zero attached hydrogens (tertiary/aromatic N) is 2. The van der Waals surface area contributed by atoms with Crippen LogP contribution in [0.1, 0.15) is 39.2 Å². The number of nitrogens with one attached hydrogen (secondary N) is 2. The lowest BCUT2D eigenvalue weighted by Gasteiger charge is -2.21. The van der Waals surface area contributed by atoms with Crippen molar-refractivity contribution in [1.82, 2.24) is 15.5 Å². The lowest BCUT2D eigenvalue weighted by Crippen LogP contribution is -2.42. The van der Waals surface area contributed by atoms with Gasteiger partial charge in [-0.3, -0.25) is 4.99 Å². The Kier molecular flexibility index (Phi) is 14.1. The van der Waals surface area contributed by atoms with E-state index in [-0.39, 0.29) is 35.8 Å². The van der Waals surface area contributed by atoms with Crippen LogP contribution in [-0.4, -0.2) is 56.4 Å². The van der Waals surface area contributed by atoms with Gasteiger partial charge in [0.05, 0.1) is 0 Å². The highest BCUT2D eigenvalue weighted by atomic mass is 127. The van der Waals surface area contributed by atoms with Crippen LogP contribution < -0.4 is 15.4 Å². The van der Waals surface area contributed by atoms with Gasteiger partial charge in [0.15, 0.2) is 12.6 Å². The van der Waals surface area contributed by atoms with Gasteiger partial charge >= 0.3 is 6.18 Å². The first-order chi connectivity index (χ1) is 13.3. The van der Waals surface area contributed by atoms with Gasteiger partial charge in [-0.25, -0.2) is 0 Å². The molecule has 29 heavy (non-hydrogen) atoms. The molecule has 1 aromatic carbocycles. The molecule has 168 valence electrons. The van der Waals surface area contributed by atoms with Crippen LogP contribution in [0.25, 0.3) is 0 Å². The van der Waals surface area contributed by atoms with Crippen LogP contribution in [0.5, 0.6) is 5.75 Å². The third kappa shape index (κ3) is 12.8. The average Bonchev–Trinajstić information content (AvgIpc) is 2.66. The predicted octanol–water partition coefficient (Wildman–Crippen LogP) is 4.42. The minimum absolute atomic E-state index is 0. The molecule has 1 atom stereocenters. The van der Waals surface area contributed by atoms with E-state index in [0.717, 1.165) is 38.0 Å². The molecule has 0 fully saturated rings. The molecule has 1 rings (SSSR count). The lowest BCUT2D eigenvalue weighted by molar-refractivity contribution is -0.153. The van der Waals surface area contributed by atoms with Crippen LogP contribution in [0.15, 0.2) is 29.3 Å². The van der Waals surface area contributed by atoms with Crippen molar-refractivity contribution in [2.24, 2.45) is 4.99 Å². The fourth-order valence-electron chi connectivity index (χ4n) is 2.76. The van der Waals surface area contributed by atoms with Crippen molar-refractivity contribution < 1.29 is 17.9 Å². The first kappa shape index (κ1) is 27.8. The molecular formula is C20H34F3IN4O. The fraction of sp³-hybridized carbons (Fsp3) is 0.650. The minimum Gasteiger partial charge on any atom is -0.484 e. The van der Waals surface area contributed by atoms with Crippen LogP contribution in [0.4, 0.5) is 13.2 Å². The minimum atomic E-state index is -4.35. The Morgan fingerprint density at radius 1 is 1.24 bits per heavy atom. The Hall–Kier alpha value is -1.23. The normalized spacial score (nSPS) is 13.0. The summed E-state index contributed by atoms with van der Waals surface area (Å²) in [5.41, 5.74) is 0.816. The smallest absolute Gasteiger partial charge is 0.422 e. The van der Waals surface area contributed by atoms with Crippen LogP contribution in [0.3, 0.4) is 0 Å². The lowest BCUT2D eigenvalue weighted by atomic mass is 10.2. The van der Waals surface area contributed by atoms with Crippen molar-refractivity contribution in [3.05, 3.63) is 29.8 Å². The zero-order valence-corrected chi connectivity index (χ0v) is 20.0. The highest BCUT2D eigenvalue weighted by molar-refractivity contribution is 14.0. The van der Waals surface area contributed by atoms with Crippen molar-refractivity contribution in [1.29, 1.82) is 0 Å². The quantitative estimate of drug-likeness (QED) is 0.253. The molecule has 5 nitrogen and oxygen atoms in total. The number of guanidine groups is 1. The Morgan fingerprint density at radius 3 is 2.52 bits per heavy atom. The summed E-state index contributed by atoms with van der Waals surface area (Å²) in [4.78, 5) is 6.61. The molecule has 1 unspecified atom stereocenters. The maximum atomic E-state index is 12.3. The molecule has 0 heterocycles. The van der Waals surface area contributed by atoms with E-state index < -0.39 is 12.8 Å². The molecule has 0 radical (unpaired) electrons. The third-order valence-electron chi connectivity index (χ3n) is 4.37. The van der Waals surface area contributed by atoms with Gasteiger partial charge in [-0.15, -0.1) is 24.0 Å². The maximum absolute atomic E-state index is 12.3. The van der Waals surface area contributed by atoms with Crippen molar-refractivity contribution in [2.45, 2.75) is 52.4 Å². The number of aliphatic imine (C=N–C) groups is 1. The number of alkyl halides is 3. The molecule has 0 saturated carbocycles. The topological polar surface area (TPSA) is 48.9 Å². The van der Waals surface area contributed by atoms with Gasteiger partial charge in [0.2, 0.25) is 0 Å². The molecule has 0 spiro atoms. The molecule has 0 bridgehead atoms. The molecule has 0 aromatic heterocycles. The molecule has 0 aliphatic rings. The second kappa shape index (κ2) is 14.7. The maximum Gasteiger partial charge on any atom is 0.422 e. The SMILES string of the molecule is CCN(CC)CCCC(C)NC(=NC)NCc1cccc(OCC(F)(F)F)c1.I. The number of rotatable bonds is 11. The standard InChI is InChI=1S/C20H33F3N4O.HI/c1-5-27(6-2)12-8-9-16(3)26-19(24-4)25-14-17-10-7-11-18(13-17)28-15-20(21,22)23;/h7,10-11,13,16H,5-6,8-9,12,14-15H2,1-4H3,(H2,24,25,26);1H. The average molecular weight is 530 g/mol. The van der Waals surface area contributed by atoms with E-state index >= 15 is 0 Å². The summed E-state index contributed by atoms with van der Waals surface area (Å²) in [5, 5.41) is 6.54. The highest BCUT2D eigenvalue weighted by Gasteiger charge is 2.28. The first-order valence-corrected chi connectivity index (χ1v) is 9.75. The van der Waals surface area contributed by atoms with E-state index in [0.29, 0.717) is 12.5 Å². The monoisotopic (exact) mass is 530 g/mol. The molecule has 1 aromatic rings. The molecular weight excluding hydrogens is 496 g/mol. The van der Waals surface area contributed by atoms with Crippen molar-refractivity contribution in [3.8, 4) is 5.75 Å². The molecule has 0 aliphatic heterocycles. The van der Waals surface area contributed by atoms with Crippen LogP contribution in [0, 0.1) is 0 Å². The Labute approximate surface area is 189 Å². The summed E-state index contributed by atoms with van der Waals surface area (Å²) in [5.74, 6) is 0.862. The van der Waals surface area contributed by atoms with Gasteiger partial charge in [0.1, 0.15) is 5.75 Å². The number of halogens is 4. The van der Waals surface area contributed by atoms with Gasteiger partial charge in [0.25, 0.3) is 0 Å². The predicted molar refractivity (Wildman–Crippen MR) is 123 cm³/mol. The number of hydrogen-bond donors (Lipinski definition) is 2. The van der Waals surface area contributed by atoms with Crippen LogP contribution in [-0.2, 0) is 6.54 Å². The second-order valence-corrected chi connectivity index (χ2v) is 6.69. The molecule has 2 N–H and O–H groups in total. The van der Waals surface area contributed by atoms with E-state index in [1.54, 1.807) is 19.2 Å². The summed E-state index contributed by atoms with van der Waals surface area (Å²) in [6.07, 6.45) is -2.22. The van der Waals surface area contributed by atoms with E-state index in [2.05, 4.69) is 41.3 Å². The Morgan fingerprint density at radius 2 is 1.93 bits per heavy atom. The Balaban J connectivity index is 0.00000784. The summed E-state index contributed by atoms with van der Waals surface area (Å²) in [6, 6.07) is 6.88.